The van der Waals surface area contributed by atoms with E-state index in [1.807, 2.05) is 18.2 Å². The van der Waals surface area contributed by atoms with Crippen LogP contribution in [0.2, 0.25) is 0 Å². The molecule has 0 fully saturated rings. The summed E-state index contributed by atoms with van der Waals surface area (Å²) in [5.41, 5.74) is 12.6. The van der Waals surface area contributed by atoms with Gasteiger partial charge in [0.05, 0.1) is 12.7 Å². The molecule has 0 saturated carbocycles. The zero-order valence-corrected chi connectivity index (χ0v) is 11.6. The Balaban J connectivity index is 2.22. The number of rotatable bonds is 2. The van der Waals surface area contributed by atoms with E-state index in [1.54, 1.807) is 0 Å². The molecule has 1 aliphatic carbocycles. The van der Waals surface area contributed by atoms with Gasteiger partial charge in [0, 0.05) is 12.5 Å². The molecule has 0 saturated heterocycles. The van der Waals surface area contributed by atoms with Gasteiger partial charge < -0.3 is 10.5 Å². The SMILES string of the molecule is COC(=O)c1ccc2c(c1)C(CN)c1cccc(C)c1-2. The summed E-state index contributed by atoms with van der Waals surface area (Å²) < 4.78 is 4.80. The Kier molecular flexibility index (Phi) is 3.07. The predicted octanol–water partition coefficient (Wildman–Crippen LogP) is 2.85. The van der Waals surface area contributed by atoms with Gasteiger partial charge in [-0.15, -0.1) is 0 Å². The molecule has 2 aromatic rings. The number of hydrogen-bond acceptors (Lipinski definition) is 3. The molecule has 0 bridgehead atoms. The van der Waals surface area contributed by atoms with Crippen LogP contribution in [0.4, 0.5) is 0 Å². The molecule has 20 heavy (non-hydrogen) atoms. The maximum absolute atomic E-state index is 11.7. The van der Waals surface area contributed by atoms with Gasteiger partial charge in [0.1, 0.15) is 0 Å². The van der Waals surface area contributed by atoms with Crippen molar-refractivity contribution in [2.24, 2.45) is 5.73 Å². The number of carbonyl (C=O) groups excluding carboxylic acids is 1. The van der Waals surface area contributed by atoms with E-state index in [0.717, 1.165) is 5.56 Å². The Morgan fingerprint density at radius 3 is 2.75 bits per heavy atom. The highest BCUT2D eigenvalue weighted by molar-refractivity contribution is 5.92. The van der Waals surface area contributed by atoms with Gasteiger partial charge in [0.15, 0.2) is 0 Å². The van der Waals surface area contributed by atoms with Gasteiger partial charge in [-0.2, -0.15) is 0 Å². The number of ether oxygens (including phenoxy) is 1. The summed E-state index contributed by atoms with van der Waals surface area (Å²) in [7, 11) is 1.40. The van der Waals surface area contributed by atoms with E-state index in [0.29, 0.717) is 12.1 Å². The van der Waals surface area contributed by atoms with E-state index in [-0.39, 0.29) is 11.9 Å². The lowest BCUT2D eigenvalue weighted by atomic mass is 9.95. The second kappa shape index (κ2) is 4.76. The van der Waals surface area contributed by atoms with Gasteiger partial charge in [0.2, 0.25) is 0 Å². The van der Waals surface area contributed by atoms with Crippen molar-refractivity contribution in [1.82, 2.24) is 0 Å². The molecule has 0 radical (unpaired) electrons. The lowest BCUT2D eigenvalue weighted by Crippen LogP contribution is -2.12. The monoisotopic (exact) mass is 267 g/mol. The van der Waals surface area contributed by atoms with Crippen molar-refractivity contribution < 1.29 is 9.53 Å². The normalized spacial score (nSPS) is 15.7. The molecule has 2 N–H and O–H groups in total. The van der Waals surface area contributed by atoms with E-state index >= 15 is 0 Å². The number of esters is 1. The average Bonchev–Trinajstić information content (AvgIpc) is 2.80. The smallest absolute Gasteiger partial charge is 0.337 e. The summed E-state index contributed by atoms with van der Waals surface area (Å²) in [4.78, 5) is 11.7. The molecule has 0 aliphatic heterocycles. The molecule has 3 rings (SSSR count). The summed E-state index contributed by atoms with van der Waals surface area (Å²) in [5.74, 6) is -0.152. The molecule has 3 nitrogen and oxygen atoms in total. The Hall–Kier alpha value is -2.13. The van der Waals surface area contributed by atoms with Crippen LogP contribution in [0.25, 0.3) is 11.1 Å². The predicted molar refractivity (Wildman–Crippen MR) is 78.9 cm³/mol. The van der Waals surface area contributed by atoms with Gasteiger partial charge in [-0.25, -0.2) is 4.79 Å². The van der Waals surface area contributed by atoms with Crippen molar-refractivity contribution in [2.75, 3.05) is 13.7 Å². The van der Waals surface area contributed by atoms with Crippen molar-refractivity contribution in [3.63, 3.8) is 0 Å². The number of methoxy groups -OCH3 is 1. The summed E-state index contributed by atoms with van der Waals surface area (Å²) in [5, 5.41) is 0. The number of hydrogen-bond donors (Lipinski definition) is 1. The molecule has 1 aliphatic rings. The minimum absolute atomic E-state index is 0.157. The van der Waals surface area contributed by atoms with Crippen molar-refractivity contribution >= 4 is 5.97 Å². The molecule has 0 spiro atoms. The third kappa shape index (κ3) is 1.74. The first-order valence-electron chi connectivity index (χ1n) is 6.69. The number of aryl methyl sites for hydroxylation is 1. The number of carbonyl (C=O) groups is 1. The third-order valence-electron chi connectivity index (χ3n) is 4.03. The van der Waals surface area contributed by atoms with Gasteiger partial charge in [0.25, 0.3) is 0 Å². The van der Waals surface area contributed by atoms with E-state index in [9.17, 15) is 4.79 Å². The molecule has 3 heteroatoms. The summed E-state index contributed by atoms with van der Waals surface area (Å²) in [6, 6.07) is 12.0. The fourth-order valence-corrected chi connectivity index (χ4v) is 3.09. The maximum atomic E-state index is 11.7. The van der Waals surface area contributed by atoms with Crippen LogP contribution in [0.3, 0.4) is 0 Å². The minimum Gasteiger partial charge on any atom is -0.465 e. The molecular formula is C17H17NO2. The van der Waals surface area contributed by atoms with Crippen LogP contribution in [-0.2, 0) is 4.74 Å². The first kappa shape index (κ1) is 12.9. The molecule has 2 aromatic carbocycles. The van der Waals surface area contributed by atoms with Crippen LogP contribution >= 0.6 is 0 Å². The van der Waals surface area contributed by atoms with Crippen LogP contribution in [0.1, 0.15) is 33.0 Å². The van der Waals surface area contributed by atoms with Crippen molar-refractivity contribution in [3.05, 3.63) is 58.7 Å². The minimum atomic E-state index is -0.309. The van der Waals surface area contributed by atoms with Crippen LogP contribution in [0.15, 0.2) is 36.4 Å². The van der Waals surface area contributed by atoms with Gasteiger partial charge in [-0.05, 0) is 46.9 Å². The van der Waals surface area contributed by atoms with Crippen molar-refractivity contribution in [3.8, 4) is 11.1 Å². The zero-order chi connectivity index (χ0) is 14.3. The summed E-state index contributed by atoms with van der Waals surface area (Å²) in [6.45, 7) is 2.64. The van der Waals surface area contributed by atoms with Crippen molar-refractivity contribution in [1.29, 1.82) is 0 Å². The highest BCUT2D eigenvalue weighted by atomic mass is 16.5. The van der Waals surface area contributed by atoms with Crippen molar-refractivity contribution in [2.45, 2.75) is 12.8 Å². The lowest BCUT2D eigenvalue weighted by Gasteiger charge is -2.11. The lowest BCUT2D eigenvalue weighted by molar-refractivity contribution is 0.0600. The van der Waals surface area contributed by atoms with Crippen LogP contribution in [-0.4, -0.2) is 19.6 Å². The second-order valence-electron chi connectivity index (χ2n) is 5.12. The number of benzene rings is 2. The molecule has 1 atom stereocenters. The average molecular weight is 267 g/mol. The number of fused-ring (bicyclic) bond motifs is 3. The van der Waals surface area contributed by atoms with Crippen LogP contribution in [0.5, 0.6) is 0 Å². The van der Waals surface area contributed by atoms with E-state index in [4.69, 9.17) is 10.5 Å². The highest BCUT2D eigenvalue weighted by Crippen LogP contribution is 2.46. The Labute approximate surface area is 118 Å². The number of nitrogens with two attached hydrogens (primary N) is 1. The first-order chi connectivity index (χ1) is 9.67. The van der Waals surface area contributed by atoms with Gasteiger partial charge in [-0.3, -0.25) is 0 Å². The van der Waals surface area contributed by atoms with Gasteiger partial charge in [-0.1, -0.05) is 24.3 Å². The van der Waals surface area contributed by atoms with Crippen LogP contribution < -0.4 is 5.73 Å². The molecule has 102 valence electrons. The largest absolute Gasteiger partial charge is 0.465 e. The van der Waals surface area contributed by atoms with Gasteiger partial charge >= 0.3 is 5.97 Å². The fourth-order valence-electron chi connectivity index (χ4n) is 3.09. The molecule has 1 unspecified atom stereocenters. The van der Waals surface area contributed by atoms with E-state index < -0.39 is 0 Å². The third-order valence-corrected chi connectivity index (χ3v) is 4.03. The molecule has 0 aromatic heterocycles. The molecule has 0 heterocycles. The molecular weight excluding hydrogens is 250 g/mol. The highest BCUT2D eigenvalue weighted by Gasteiger charge is 2.29. The van der Waals surface area contributed by atoms with E-state index in [2.05, 4.69) is 25.1 Å². The second-order valence-corrected chi connectivity index (χ2v) is 5.12. The Morgan fingerprint density at radius 1 is 1.25 bits per heavy atom. The first-order valence-corrected chi connectivity index (χ1v) is 6.69. The Bertz CT molecular complexity index is 691. The zero-order valence-electron chi connectivity index (χ0n) is 11.6. The maximum Gasteiger partial charge on any atom is 0.337 e. The standard InChI is InChI=1S/C17H17NO2/c1-10-4-3-5-12-15(9-18)14-8-11(17(19)20-2)6-7-13(14)16(10)12/h3-8,15H,9,18H2,1-2H3. The molecule has 0 amide bonds. The summed E-state index contributed by atoms with van der Waals surface area (Å²) >= 11 is 0. The Morgan fingerprint density at radius 2 is 2.05 bits per heavy atom. The quantitative estimate of drug-likeness (QED) is 0.851. The van der Waals surface area contributed by atoms with Crippen LogP contribution in [0, 0.1) is 6.92 Å². The summed E-state index contributed by atoms with van der Waals surface area (Å²) in [6.07, 6.45) is 0. The fraction of sp³-hybridized carbons (Fsp3) is 0.235. The topological polar surface area (TPSA) is 52.3 Å². The van der Waals surface area contributed by atoms with E-state index in [1.165, 1.54) is 29.4 Å².